The smallest absolute Gasteiger partial charge is 0.304 e. The fraction of sp³-hybridized carbons (Fsp3) is 0.500. The summed E-state index contributed by atoms with van der Waals surface area (Å²) in [6, 6.07) is 5.88. The van der Waals surface area contributed by atoms with Gasteiger partial charge in [-0.3, -0.25) is 4.79 Å². The highest BCUT2D eigenvalue weighted by atomic mass is 16.5. The molecular formula is C14H21NO4. The fourth-order valence-corrected chi connectivity index (χ4v) is 1.73. The Kier molecular flexibility index (Phi) is 6.32. The van der Waals surface area contributed by atoms with Crippen molar-refractivity contribution in [3.8, 4) is 5.75 Å². The first kappa shape index (κ1) is 15.5. The molecule has 0 aliphatic carbocycles. The van der Waals surface area contributed by atoms with E-state index in [1.54, 1.807) is 0 Å². The molecule has 0 aliphatic rings. The van der Waals surface area contributed by atoms with E-state index in [1.165, 1.54) is 0 Å². The summed E-state index contributed by atoms with van der Waals surface area (Å²) in [5.74, 6) is -0.0548. The molecule has 1 rings (SSSR count). The second-order valence-electron chi connectivity index (χ2n) is 4.53. The third kappa shape index (κ3) is 5.72. The molecule has 0 aliphatic heterocycles. The quantitative estimate of drug-likeness (QED) is 0.615. The summed E-state index contributed by atoms with van der Waals surface area (Å²) in [5, 5.41) is 21.1. The molecule has 106 valence electrons. The predicted octanol–water partition coefficient (Wildman–Crippen LogP) is 1.11. The van der Waals surface area contributed by atoms with E-state index < -0.39 is 12.1 Å². The Morgan fingerprint density at radius 2 is 2.00 bits per heavy atom. The Hall–Kier alpha value is -1.59. The zero-order chi connectivity index (χ0) is 14.3. The third-order valence-electron chi connectivity index (χ3n) is 2.72. The molecule has 3 N–H and O–H groups in total. The van der Waals surface area contributed by atoms with Crippen molar-refractivity contribution in [2.45, 2.75) is 26.4 Å². The summed E-state index contributed by atoms with van der Waals surface area (Å²) < 4.78 is 5.60. The maximum absolute atomic E-state index is 10.3. The molecule has 0 amide bonds. The molecule has 0 aromatic heterocycles. The van der Waals surface area contributed by atoms with Crippen LogP contribution < -0.4 is 10.1 Å². The van der Waals surface area contributed by atoms with Gasteiger partial charge in [-0.25, -0.2) is 0 Å². The molecular weight excluding hydrogens is 246 g/mol. The number of aliphatic hydroxyl groups excluding tert-OH is 1. The second-order valence-corrected chi connectivity index (χ2v) is 4.53. The molecule has 0 heterocycles. The minimum Gasteiger partial charge on any atom is -0.490 e. The van der Waals surface area contributed by atoms with E-state index >= 15 is 0 Å². The van der Waals surface area contributed by atoms with Crippen LogP contribution in [0.3, 0.4) is 0 Å². The van der Waals surface area contributed by atoms with Gasteiger partial charge < -0.3 is 20.3 Å². The molecule has 1 atom stereocenters. The zero-order valence-electron chi connectivity index (χ0n) is 11.3. The Labute approximate surface area is 113 Å². The molecule has 0 bridgehead atoms. The average Bonchev–Trinajstić information content (AvgIpc) is 2.34. The van der Waals surface area contributed by atoms with Crippen LogP contribution in [-0.4, -0.2) is 42.0 Å². The van der Waals surface area contributed by atoms with Gasteiger partial charge in [-0.2, -0.15) is 0 Å². The van der Waals surface area contributed by atoms with E-state index in [9.17, 15) is 9.90 Å². The van der Waals surface area contributed by atoms with Crippen molar-refractivity contribution >= 4 is 5.97 Å². The van der Waals surface area contributed by atoms with Gasteiger partial charge in [0.15, 0.2) is 0 Å². The lowest BCUT2D eigenvalue weighted by Gasteiger charge is -2.15. The number of aliphatic hydroxyl groups is 1. The standard InChI is InChI=1S/C14H21NO4/c1-10-4-3-5-11(2)14(10)19-9-12(16)8-15-7-6-13(17)18/h3-5,12,15-16H,6-9H2,1-2H3,(H,17,18). The van der Waals surface area contributed by atoms with Crippen molar-refractivity contribution < 1.29 is 19.7 Å². The van der Waals surface area contributed by atoms with Crippen LogP contribution in [0.5, 0.6) is 5.75 Å². The fourth-order valence-electron chi connectivity index (χ4n) is 1.73. The molecule has 0 fully saturated rings. The molecule has 1 aromatic rings. The second kappa shape index (κ2) is 7.76. The topological polar surface area (TPSA) is 78.8 Å². The molecule has 5 nitrogen and oxygen atoms in total. The number of aliphatic carboxylic acids is 1. The number of para-hydroxylation sites is 1. The summed E-state index contributed by atoms with van der Waals surface area (Å²) in [6.07, 6.45) is -0.613. The number of hydrogen-bond donors (Lipinski definition) is 3. The number of carboxylic acids is 1. The normalized spacial score (nSPS) is 12.2. The first-order chi connectivity index (χ1) is 9.00. The van der Waals surface area contributed by atoms with Crippen LogP contribution >= 0.6 is 0 Å². The van der Waals surface area contributed by atoms with Crippen LogP contribution in [0.1, 0.15) is 17.5 Å². The third-order valence-corrected chi connectivity index (χ3v) is 2.72. The maximum Gasteiger partial charge on any atom is 0.304 e. The number of carboxylic acid groups (broad SMARTS) is 1. The zero-order valence-corrected chi connectivity index (χ0v) is 11.3. The Morgan fingerprint density at radius 3 is 2.58 bits per heavy atom. The summed E-state index contributed by atoms with van der Waals surface area (Å²) in [6.45, 7) is 4.76. The van der Waals surface area contributed by atoms with Crippen molar-refractivity contribution in [3.63, 3.8) is 0 Å². The van der Waals surface area contributed by atoms with Crippen LogP contribution in [0, 0.1) is 13.8 Å². The van der Waals surface area contributed by atoms with Crippen molar-refractivity contribution in [1.29, 1.82) is 0 Å². The van der Waals surface area contributed by atoms with Crippen LogP contribution in [0.4, 0.5) is 0 Å². The van der Waals surface area contributed by atoms with E-state index in [0.717, 1.165) is 16.9 Å². The SMILES string of the molecule is Cc1cccc(C)c1OCC(O)CNCCC(=O)O. The van der Waals surface area contributed by atoms with E-state index in [0.29, 0.717) is 13.1 Å². The number of aryl methyl sites for hydroxylation is 2. The monoisotopic (exact) mass is 267 g/mol. The van der Waals surface area contributed by atoms with Crippen LogP contribution in [0.2, 0.25) is 0 Å². The number of ether oxygens (including phenoxy) is 1. The van der Waals surface area contributed by atoms with E-state index in [4.69, 9.17) is 9.84 Å². The summed E-state index contributed by atoms with van der Waals surface area (Å²) in [7, 11) is 0. The highest BCUT2D eigenvalue weighted by molar-refractivity contribution is 5.66. The summed E-state index contributed by atoms with van der Waals surface area (Å²) >= 11 is 0. The number of nitrogens with one attached hydrogen (secondary N) is 1. The minimum atomic E-state index is -0.853. The number of hydrogen-bond acceptors (Lipinski definition) is 4. The summed E-state index contributed by atoms with van der Waals surface area (Å²) in [4.78, 5) is 10.3. The van der Waals surface area contributed by atoms with Crippen LogP contribution in [0.15, 0.2) is 18.2 Å². The van der Waals surface area contributed by atoms with Crippen molar-refractivity contribution in [2.24, 2.45) is 0 Å². The molecule has 0 saturated carbocycles. The van der Waals surface area contributed by atoms with Gasteiger partial charge in [0.05, 0.1) is 6.42 Å². The highest BCUT2D eigenvalue weighted by Gasteiger charge is 2.08. The van der Waals surface area contributed by atoms with Crippen LogP contribution in [-0.2, 0) is 4.79 Å². The number of rotatable bonds is 8. The average molecular weight is 267 g/mol. The largest absolute Gasteiger partial charge is 0.490 e. The predicted molar refractivity (Wildman–Crippen MR) is 72.5 cm³/mol. The number of carbonyl (C=O) groups is 1. The molecule has 1 aromatic carbocycles. The Balaban J connectivity index is 2.30. The van der Waals surface area contributed by atoms with Gasteiger partial charge in [0.25, 0.3) is 0 Å². The van der Waals surface area contributed by atoms with Crippen molar-refractivity contribution in [2.75, 3.05) is 19.7 Å². The van der Waals surface area contributed by atoms with E-state index in [-0.39, 0.29) is 13.0 Å². The Morgan fingerprint density at radius 1 is 1.37 bits per heavy atom. The summed E-state index contributed by atoms with van der Waals surface area (Å²) in [5.41, 5.74) is 2.07. The van der Waals surface area contributed by atoms with Crippen LogP contribution in [0.25, 0.3) is 0 Å². The van der Waals surface area contributed by atoms with Gasteiger partial charge in [0.2, 0.25) is 0 Å². The van der Waals surface area contributed by atoms with E-state index in [1.807, 2.05) is 32.0 Å². The first-order valence-electron chi connectivity index (χ1n) is 6.30. The minimum absolute atomic E-state index is 0.0461. The lowest BCUT2D eigenvalue weighted by Crippen LogP contribution is -2.32. The van der Waals surface area contributed by atoms with Gasteiger partial charge in [-0.1, -0.05) is 18.2 Å². The van der Waals surface area contributed by atoms with E-state index in [2.05, 4.69) is 5.32 Å². The lowest BCUT2D eigenvalue weighted by atomic mass is 10.1. The van der Waals surface area contributed by atoms with Gasteiger partial charge in [0.1, 0.15) is 18.5 Å². The molecule has 0 radical (unpaired) electrons. The van der Waals surface area contributed by atoms with Gasteiger partial charge in [-0.05, 0) is 25.0 Å². The number of benzene rings is 1. The van der Waals surface area contributed by atoms with Gasteiger partial charge in [0, 0.05) is 13.1 Å². The maximum atomic E-state index is 10.3. The van der Waals surface area contributed by atoms with Crippen molar-refractivity contribution in [3.05, 3.63) is 29.3 Å². The molecule has 0 spiro atoms. The Bertz CT molecular complexity index is 400. The van der Waals surface area contributed by atoms with Gasteiger partial charge in [-0.15, -0.1) is 0 Å². The first-order valence-corrected chi connectivity index (χ1v) is 6.30. The lowest BCUT2D eigenvalue weighted by molar-refractivity contribution is -0.136. The molecule has 19 heavy (non-hydrogen) atoms. The molecule has 0 saturated heterocycles. The van der Waals surface area contributed by atoms with Gasteiger partial charge >= 0.3 is 5.97 Å². The van der Waals surface area contributed by atoms with Crippen molar-refractivity contribution in [1.82, 2.24) is 5.32 Å². The highest BCUT2D eigenvalue weighted by Crippen LogP contribution is 2.22. The molecule has 5 heteroatoms. The molecule has 1 unspecified atom stereocenters.